The van der Waals surface area contributed by atoms with E-state index in [1.54, 1.807) is 6.08 Å². The fraction of sp³-hybridized carbons (Fsp3) is 0.0476. The minimum absolute atomic E-state index is 0.182. The number of hydrogen-bond donors (Lipinski definition) is 0. The number of nitrogens with zero attached hydrogens (tertiary/aromatic N) is 5. The van der Waals surface area contributed by atoms with Crippen LogP contribution in [0.4, 0.5) is 0 Å². The number of aromatic nitrogens is 5. The molecule has 0 aliphatic heterocycles. The van der Waals surface area contributed by atoms with Gasteiger partial charge in [-0.3, -0.25) is 4.98 Å². The monoisotopic (exact) mass is 887 g/mol. The number of hydrogen-bond acceptors (Lipinski definition) is 5. The predicted molar refractivity (Wildman–Crippen MR) is 285 cm³/mol. The van der Waals surface area contributed by atoms with E-state index in [1.165, 1.54) is 10.9 Å². The Morgan fingerprint density at radius 3 is 2.17 bits per heavy atom. The minimum atomic E-state index is 0.182. The van der Waals surface area contributed by atoms with Crippen molar-refractivity contribution in [2.75, 3.05) is 0 Å². The van der Waals surface area contributed by atoms with Crippen LogP contribution in [-0.4, -0.2) is 24.5 Å². The third kappa shape index (κ3) is 7.40. The number of rotatable bonds is 10. The van der Waals surface area contributed by atoms with Gasteiger partial charge < -0.3 is 8.98 Å². The van der Waals surface area contributed by atoms with Gasteiger partial charge in [0.1, 0.15) is 11.2 Å². The molecule has 12 rings (SSSR count). The van der Waals surface area contributed by atoms with Crippen LogP contribution in [0.25, 0.3) is 111 Å². The molecule has 6 heteroatoms. The standard InChI is InChI=1S/C63H45N5O/c1-3-20-43(21-4-2)61-65-62(44-26-13-7-14-27-44)67-63(66-61)52-38-46(57-48(41-22-9-5-10-23-41)31-19-32-49(57)42-24-11-6-12-25-42)40-64-60(52)45-34-35-51-56(39-45)69-55-37-36-54-58(59(51)55)50-30-17-18-33-53(50)68(54)47-28-15-8-16-29-47/h3-24,26-40,42H,1,25H2,2H3/b21-4-,43-20+. The van der Waals surface area contributed by atoms with Crippen molar-refractivity contribution >= 4 is 49.3 Å². The van der Waals surface area contributed by atoms with E-state index < -0.39 is 0 Å². The van der Waals surface area contributed by atoms with Crippen LogP contribution in [0, 0.1) is 0 Å². The van der Waals surface area contributed by atoms with Crippen molar-refractivity contribution in [3.63, 3.8) is 0 Å². The predicted octanol–water partition coefficient (Wildman–Crippen LogP) is 16.3. The molecule has 1 aliphatic carbocycles. The number of pyridine rings is 1. The van der Waals surface area contributed by atoms with Crippen molar-refractivity contribution in [2.45, 2.75) is 19.3 Å². The summed E-state index contributed by atoms with van der Waals surface area (Å²) >= 11 is 0. The Balaban J connectivity index is 1.12. The van der Waals surface area contributed by atoms with Crippen molar-refractivity contribution in [1.82, 2.24) is 24.5 Å². The molecule has 0 fully saturated rings. The lowest BCUT2D eigenvalue weighted by Crippen LogP contribution is -2.05. The summed E-state index contributed by atoms with van der Waals surface area (Å²) in [6.45, 7) is 6.01. The highest BCUT2D eigenvalue weighted by molar-refractivity contribution is 6.27. The molecule has 1 aliphatic rings. The third-order valence-electron chi connectivity index (χ3n) is 13.1. The van der Waals surface area contributed by atoms with E-state index in [4.69, 9.17) is 24.4 Å². The Morgan fingerprint density at radius 2 is 1.39 bits per heavy atom. The van der Waals surface area contributed by atoms with Gasteiger partial charge in [-0.2, -0.15) is 0 Å². The lowest BCUT2D eigenvalue weighted by molar-refractivity contribution is 0.669. The molecule has 0 saturated heterocycles. The molecule has 1 atom stereocenters. The summed E-state index contributed by atoms with van der Waals surface area (Å²) in [5.41, 5.74) is 14.6. The summed E-state index contributed by atoms with van der Waals surface area (Å²) in [6.07, 6.45) is 19.4. The molecule has 0 saturated carbocycles. The van der Waals surface area contributed by atoms with E-state index in [0.717, 1.165) is 101 Å². The third-order valence-corrected chi connectivity index (χ3v) is 13.1. The Bertz CT molecular complexity index is 3890. The van der Waals surface area contributed by atoms with Crippen molar-refractivity contribution in [1.29, 1.82) is 0 Å². The van der Waals surface area contributed by atoms with Crippen LogP contribution in [0.3, 0.4) is 0 Å². The molecular formula is C63H45N5O. The van der Waals surface area contributed by atoms with Crippen LogP contribution in [0.5, 0.6) is 0 Å². The lowest BCUT2D eigenvalue weighted by atomic mass is 9.82. The van der Waals surface area contributed by atoms with Crippen LogP contribution >= 0.6 is 0 Å². The topological polar surface area (TPSA) is 69.6 Å². The fourth-order valence-corrected chi connectivity index (χ4v) is 10.1. The second-order valence-corrected chi connectivity index (χ2v) is 17.3. The molecule has 4 aromatic heterocycles. The van der Waals surface area contributed by atoms with Crippen molar-refractivity contribution in [3.05, 3.63) is 243 Å². The number of benzene rings is 7. The largest absolute Gasteiger partial charge is 0.456 e. The Morgan fingerprint density at radius 1 is 0.623 bits per heavy atom. The van der Waals surface area contributed by atoms with Gasteiger partial charge >= 0.3 is 0 Å². The molecule has 7 aromatic carbocycles. The minimum Gasteiger partial charge on any atom is -0.456 e. The van der Waals surface area contributed by atoms with Gasteiger partial charge in [-0.05, 0) is 84.1 Å². The average molecular weight is 888 g/mol. The van der Waals surface area contributed by atoms with Gasteiger partial charge in [-0.1, -0.05) is 177 Å². The Labute approximate surface area is 400 Å². The van der Waals surface area contributed by atoms with Gasteiger partial charge in [0.15, 0.2) is 17.5 Å². The van der Waals surface area contributed by atoms with E-state index in [0.29, 0.717) is 17.5 Å². The van der Waals surface area contributed by atoms with E-state index in [9.17, 15) is 0 Å². The summed E-state index contributed by atoms with van der Waals surface area (Å²) in [6, 6.07) is 59.5. The van der Waals surface area contributed by atoms with Crippen LogP contribution in [-0.2, 0) is 0 Å². The van der Waals surface area contributed by atoms with E-state index in [2.05, 4.69) is 175 Å². The Kier molecular flexibility index (Phi) is 10.6. The molecule has 0 spiro atoms. The smallest absolute Gasteiger partial charge is 0.166 e. The molecule has 0 bridgehead atoms. The molecule has 328 valence electrons. The van der Waals surface area contributed by atoms with Gasteiger partial charge in [0.25, 0.3) is 0 Å². The first-order chi connectivity index (χ1) is 34.1. The van der Waals surface area contributed by atoms with Crippen LogP contribution in [0.2, 0.25) is 0 Å². The van der Waals surface area contributed by atoms with Gasteiger partial charge in [-0.15, -0.1) is 0 Å². The van der Waals surface area contributed by atoms with Crippen LogP contribution < -0.4 is 0 Å². The summed E-state index contributed by atoms with van der Waals surface area (Å²) in [5.74, 6) is 1.77. The molecule has 0 amide bonds. The highest BCUT2D eigenvalue weighted by Gasteiger charge is 2.24. The average Bonchev–Trinajstić information content (AvgIpc) is 3.96. The fourth-order valence-electron chi connectivity index (χ4n) is 10.1. The van der Waals surface area contributed by atoms with Crippen molar-refractivity contribution < 1.29 is 4.42 Å². The first kappa shape index (κ1) is 41.4. The van der Waals surface area contributed by atoms with E-state index in [1.807, 2.05) is 61.7 Å². The number of allylic oxidation sites excluding steroid dienone is 9. The molecule has 1 unspecified atom stereocenters. The van der Waals surface area contributed by atoms with Gasteiger partial charge in [0.2, 0.25) is 0 Å². The summed E-state index contributed by atoms with van der Waals surface area (Å²) in [5, 5.41) is 4.45. The highest BCUT2D eigenvalue weighted by Crippen LogP contribution is 2.45. The summed E-state index contributed by atoms with van der Waals surface area (Å²) in [4.78, 5) is 21.1. The Hall–Kier alpha value is -9.00. The molecule has 0 N–H and O–H groups in total. The van der Waals surface area contributed by atoms with Gasteiger partial charge in [-0.25, -0.2) is 15.0 Å². The first-order valence-corrected chi connectivity index (χ1v) is 23.4. The molecule has 6 nitrogen and oxygen atoms in total. The highest BCUT2D eigenvalue weighted by atomic mass is 16.3. The van der Waals surface area contributed by atoms with Crippen LogP contribution in [0.1, 0.15) is 30.7 Å². The normalized spacial score (nSPS) is 13.9. The second-order valence-electron chi connectivity index (χ2n) is 17.3. The van der Waals surface area contributed by atoms with Gasteiger partial charge in [0, 0.05) is 67.2 Å². The van der Waals surface area contributed by atoms with Crippen molar-refractivity contribution in [2.24, 2.45) is 0 Å². The maximum Gasteiger partial charge on any atom is 0.166 e. The summed E-state index contributed by atoms with van der Waals surface area (Å²) in [7, 11) is 0. The first-order valence-electron chi connectivity index (χ1n) is 23.4. The van der Waals surface area contributed by atoms with E-state index in [-0.39, 0.29) is 5.92 Å². The molecule has 11 aromatic rings. The van der Waals surface area contributed by atoms with E-state index >= 15 is 0 Å². The SMILES string of the molecule is C=C/C=C(\C=C/C)c1nc(-c2ccccc2)nc(-c2cc(-c3c(-c4ccccc4)cccc3C3C=CC=CC3)cnc2-c2ccc3c(c2)oc2ccc4c(c5ccccc5n4-c4ccccc4)c23)n1. The second kappa shape index (κ2) is 17.7. The maximum atomic E-state index is 6.84. The number of para-hydroxylation sites is 2. The molecule has 69 heavy (non-hydrogen) atoms. The summed E-state index contributed by atoms with van der Waals surface area (Å²) < 4.78 is 9.18. The van der Waals surface area contributed by atoms with Crippen LogP contribution in [0.15, 0.2) is 236 Å². The quantitative estimate of drug-likeness (QED) is 0.128. The maximum absolute atomic E-state index is 6.84. The zero-order valence-electron chi connectivity index (χ0n) is 38.0. The molecular weight excluding hydrogens is 843 g/mol. The zero-order valence-corrected chi connectivity index (χ0v) is 38.0. The molecule has 4 heterocycles. The van der Waals surface area contributed by atoms with Gasteiger partial charge in [0.05, 0.1) is 16.7 Å². The molecule has 0 radical (unpaired) electrons. The number of fused-ring (bicyclic) bond motifs is 7. The number of furan rings is 1. The lowest BCUT2D eigenvalue weighted by Gasteiger charge is -2.22. The van der Waals surface area contributed by atoms with Crippen molar-refractivity contribution in [3.8, 4) is 62.0 Å². The zero-order chi connectivity index (χ0) is 46.3.